The van der Waals surface area contributed by atoms with E-state index >= 15 is 0 Å². The number of amides is 1. The van der Waals surface area contributed by atoms with Gasteiger partial charge in [0.15, 0.2) is 0 Å². The van der Waals surface area contributed by atoms with Gasteiger partial charge in [0, 0.05) is 44.5 Å². The molecule has 1 amide bonds. The minimum atomic E-state index is -0.0774. The average Bonchev–Trinajstić information content (AvgIpc) is 2.88. The van der Waals surface area contributed by atoms with Gasteiger partial charge in [-0.25, -0.2) is 4.98 Å². The van der Waals surface area contributed by atoms with Crippen LogP contribution in [-0.4, -0.2) is 67.8 Å². The van der Waals surface area contributed by atoms with Crippen LogP contribution >= 0.6 is 23.2 Å². The summed E-state index contributed by atoms with van der Waals surface area (Å²) in [6, 6.07) is 1.80. The second-order valence-corrected chi connectivity index (χ2v) is 9.85. The minimum Gasteiger partial charge on any atom is -0.495 e. The lowest BCUT2D eigenvalue weighted by molar-refractivity contribution is -0.127. The monoisotopic (exact) mass is 534 g/mol. The third-order valence-corrected chi connectivity index (χ3v) is 7.61. The first-order chi connectivity index (χ1) is 17.3. The van der Waals surface area contributed by atoms with Crippen LogP contribution in [0.25, 0.3) is 0 Å². The third-order valence-electron chi connectivity index (χ3n) is 6.88. The van der Waals surface area contributed by atoms with Crippen LogP contribution in [0.5, 0.6) is 11.5 Å². The lowest BCUT2D eigenvalue weighted by Gasteiger charge is -2.39. The maximum atomic E-state index is 12.2. The van der Waals surface area contributed by atoms with E-state index in [-0.39, 0.29) is 18.0 Å². The molecule has 2 aliphatic rings. The first-order valence-electron chi connectivity index (χ1n) is 11.9. The maximum absolute atomic E-state index is 12.2. The molecule has 2 unspecified atom stereocenters. The molecule has 4 rings (SSSR count). The van der Waals surface area contributed by atoms with Crippen molar-refractivity contribution in [1.29, 1.82) is 0 Å². The number of carbonyl (C=O) groups excluding carboxylic acids is 1. The number of ether oxygens (including phenoxy) is 2. The highest BCUT2D eigenvalue weighted by Gasteiger charge is 2.32. The van der Waals surface area contributed by atoms with Gasteiger partial charge >= 0.3 is 0 Å². The number of aromatic nitrogens is 2. The fourth-order valence-electron chi connectivity index (χ4n) is 5.00. The van der Waals surface area contributed by atoms with Crippen LogP contribution in [0.3, 0.4) is 0 Å². The Morgan fingerprint density at radius 2 is 1.89 bits per heavy atom. The summed E-state index contributed by atoms with van der Waals surface area (Å²) < 4.78 is 10.9. The fraction of sp³-hybridized carbons (Fsp3) is 0.480. The Hall–Kier alpha value is -2.91. The summed E-state index contributed by atoms with van der Waals surface area (Å²) in [6.07, 6.45) is 7.23. The van der Waals surface area contributed by atoms with Gasteiger partial charge in [-0.05, 0) is 18.9 Å². The van der Waals surface area contributed by atoms with Gasteiger partial charge in [-0.1, -0.05) is 42.6 Å². The van der Waals surface area contributed by atoms with Crippen molar-refractivity contribution in [3.8, 4) is 11.5 Å². The molecule has 1 fully saturated rings. The zero-order valence-corrected chi connectivity index (χ0v) is 22.6. The summed E-state index contributed by atoms with van der Waals surface area (Å²) in [5.74, 6) is 2.27. The highest BCUT2D eigenvalue weighted by Crippen LogP contribution is 2.47. The first-order valence-corrected chi connectivity index (χ1v) is 12.6. The van der Waals surface area contributed by atoms with Gasteiger partial charge in [0.05, 0.1) is 32.6 Å². The predicted octanol–water partition coefficient (Wildman–Crippen LogP) is 4.58. The fourth-order valence-corrected chi connectivity index (χ4v) is 5.74. The number of halogens is 2. The summed E-state index contributed by atoms with van der Waals surface area (Å²) in [6.45, 7) is 4.64. The largest absolute Gasteiger partial charge is 0.495 e. The van der Waals surface area contributed by atoms with Crippen LogP contribution in [0.2, 0.25) is 10.0 Å². The quantitative estimate of drug-likeness (QED) is 0.516. The SMILES string of the molecule is C=CC(=O)N(C)C1CCCCC1Nc1ncc2c(n1)N(C)CN(c1c(Cl)c(OC)cc(OC)c1Cl)C2. The molecule has 0 spiro atoms. The second-order valence-electron chi connectivity index (χ2n) is 9.09. The standard InChI is InChI=1S/C25H32Cl2N6O3/c1-6-20(34)32(3)17-10-8-7-9-16(17)29-25-28-12-15-13-33(14-31(2)24(15)30-25)23-21(26)18(35-4)11-19(36-5)22(23)27/h6,11-12,16-17H,1,7-10,13-14H2,2-5H3,(H,28,29,30). The van der Waals surface area contributed by atoms with Crippen LogP contribution in [0, 0.1) is 0 Å². The Labute approximate surface area is 222 Å². The number of methoxy groups -OCH3 is 2. The summed E-state index contributed by atoms with van der Waals surface area (Å²) in [7, 11) is 6.90. The number of nitrogens with one attached hydrogen (secondary N) is 1. The summed E-state index contributed by atoms with van der Waals surface area (Å²) in [4.78, 5) is 27.5. The molecule has 1 aliphatic carbocycles. The van der Waals surface area contributed by atoms with Crippen molar-refractivity contribution in [3.63, 3.8) is 0 Å². The minimum absolute atomic E-state index is 0.0597. The molecule has 1 saturated carbocycles. The lowest BCUT2D eigenvalue weighted by atomic mass is 9.89. The van der Waals surface area contributed by atoms with E-state index in [2.05, 4.69) is 16.9 Å². The average molecular weight is 535 g/mol. The van der Waals surface area contributed by atoms with Gasteiger partial charge in [-0.3, -0.25) is 4.79 Å². The molecule has 1 N–H and O–H groups in total. The van der Waals surface area contributed by atoms with Crippen LogP contribution in [0.1, 0.15) is 31.2 Å². The zero-order chi connectivity index (χ0) is 26.0. The van der Waals surface area contributed by atoms with E-state index in [1.807, 2.05) is 30.1 Å². The number of nitrogens with zero attached hydrogens (tertiary/aromatic N) is 5. The van der Waals surface area contributed by atoms with E-state index < -0.39 is 0 Å². The lowest BCUT2D eigenvalue weighted by Crippen LogP contribution is -2.49. The van der Waals surface area contributed by atoms with Crippen LogP contribution in [-0.2, 0) is 11.3 Å². The van der Waals surface area contributed by atoms with Gasteiger partial charge < -0.3 is 29.5 Å². The van der Waals surface area contributed by atoms with Crippen molar-refractivity contribution < 1.29 is 14.3 Å². The van der Waals surface area contributed by atoms with Crippen molar-refractivity contribution in [2.75, 3.05) is 50.1 Å². The molecule has 2 heterocycles. The molecular formula is C25H32Cl2N6O3. The molecule has 194 valence electrons. The number of rotatable bonds is 7. The smallest absolute Gasteiger partial charge is 0.246 e. The predicted molar refractivity (Wildman–Crippen MR) is 144 cm³/mol. The Kier molecular flexibility index (Phi) is 8.00. The second kappa shape index (κ2) is 11.0. The van der Waals surface area contributed by atoms with E-state index in [1.54, 1.807) is 25.2 Å². The zero-order valence-electron chi connectivity index (χ0n) is 21.1. The Bertz CT molecular complexity index is 1120. The molecule has 0 bridgehead atoms. The Morgan fingerprint density at radius 3 is 2.53 bits per heavy atom. The molecule has 0 saturated heterocycles. The molecule has 1 aliphatic heterocycles. The van der Waals surface area contributed by atoms with Crippen LogP contribution in [0.4, 0.5) is 17.5 Å². The molecule has 11 heteroatoms. The number of hydrogen-bond donors (Lipinski definition) is 1. The Morgan fingerprint density at radius 1 is 1.22 bits per heavy atom. The highest BCUT2D eigenvalue weighted by atomic mass is 35.5. The van der Waals surface area contributed by atoms with Gasteiger partial charge in [-0.15, -0.1) is 0 Å². The van der Waals surface area contributed by atoms with Gasteiger partial charge in [-0.2, -0.15) is 4.98 Å². The summed E-state index contributed by atoms with van der Waals surface area (Å²) in [5.41, 5.74) is 1.57. The van der Waals surface area contributed by atoms with Crippen molar-refractivity contribution in [1.82, 2.24) is 14.9 Å². The number of fused-ring (bicyclic) bond motifs is 1. The first kappa shape index (κ1) is 26.2. The van der Waals surface area contributed by atoms with E-state index in [0.29, 0.717) is 46.4 Å². The molecule has 1 aromatic carbocycles. The third kappa shape index (κ3) is 4.99. The number of hydrogen-bond acceptors (Lipinski definition) is 8. The molecular weight excluding hydrogens is 503 g/mol. The topological polar surface area (TPSA) is 83.1 Å². The van der Waals surface area contributed by atoms with E-state index in [4.69, 9.17) is 37.7 Å². The molecule has 2 atom stereocenters. The molecule has 1 aromatic heterocycles. The van der Waals surface area contributed by atoms with Crippen molar-refractivity contribution >= 4 is 46.6 Å². The van der Waals surface area contributed by atoms with Crippen molar-refractivity contribution in [2.24, 2.45) is 0 Å². The highest BCUT2D eigenvalue weighted by molar-refractivity contribution is 6.41. The van der Waals surface area contributed by atoms with Crippen molar-refractivity contribution in [3.05, 3.63) is 40.5 Å². The van der Waals surface area contributed by atoms with Gasteiger partial charge in [0.2, 0.25) is 11.9 Å². The van der Waals surface area contributed by atoms with Crippen LogP contribution in [0.15, 0.2) is 24.9 Å². The van der Waals surface area contributed by atoms with E-state index in [0.717, 1.165) is 37.1 Å². The van der Waals surface area contributed by atoms with E-state index in [1.165, 1.54) is 6.08 Å². The molecule has 2 aromatic rings. The van der Waals surface area contributed by atoms with Gasteiger partial charge in [0.25, 0.3) is 0 Å². The number of likely N-dealkylation sites (N-methyl/N-ethyl adjacent to an activating group) is 1. The number of carbonyl (C=O) groups is 1. The molecule has 0 radical (unpaired) electrons. The maximum Gasteiger partial charge on any atom is 0.246 e. The van der Waals surface area contributed by atoms with Crippen molar-refractivity contribution in [2.45, 2.75) is 44.3 Å². The normalized spacial score (nSPS) is 19.4. The molecule has 36 heavy (non-hydrogen) atoms. The molecule has 9 nitrogen and oxygen atoms in total. The van der Waals surface area contributed by atoms with Gasteiger partial charge in [0.1, 0.15) is 27.4 Å². The van der Waals surface area contributed by atoms with E-state index in [9.17, 15) is 4.79 Å². The summed E-state index contributed by atoms with van der Waals surface area (Å²) in [5, 5.41) is 4.32. The number of anilines is 3. The summed E-state index contributed by atoms with van der Waals surface area (Å²) >= 11 is 13.3. The van der Waals surface area contributed by atoms with Crippen LogP contribution < -0.4 is 24.6 Å². The Balaban J connectivity index is 1.58. The number of benzene rings is 1.